The molecule has 2 heteroatoms. The summed E-state index contributed by atoms with van der Waals surface area (Å²) in [5.41, 5.74) is 2.58. The van der Waals surface area contributed by atoms with E-state index in [1.165, 1.54) is 11.1 Å². The monoisotopic (exact) mass is 258 g/mol. The molecule has 0 aliphatic carbocycles. The molecule has 0 atom stereocenters. The van der Waals surface area contributed by atoms with Crippen LogP contribution in [0.2, 0.25) is 5.02 Å². The molecule has 0 nitrogen and oxygen atoms in total. The van der Waals surface area contributed by atoms with Gasteiger partial charge >= 0.3 is 0 Å². The van der Waals surface area contributed by atoms with E-state index in [0.29, 0.717) is 0 Å². The summed E-state index contributed by atoms with van der Waals surface area (Å²) < 4.78 is 1.01. The maximum Gasteiger partial charge on any atom is 0.0551 e. The van der Waals surface area contributed by atoms with Crippen LogP contribution in [0.3, 0.4) is 0 Å². The zero-order valence-electron chi connectivity index (χ0n) is 7.61. The smallest absolute Gasteiger partial charge is 0.0551 e. The first-order valence-electron chi connectivity index (χ1n) is 4.27. The molecule has 0 bridgehead atoms. The van der Waals surface area contributed by atoms with E-state index in [2.05, 4.69) is 35.5 Å². The van der Waals surface area contributed by atoms with Gasteiger partial charge in [0.05, 0.1) is 5.02 Å². The third kappa shape index (κ3) is 2.35. The van der Waals surface area contributed by atoms with Crippen molar-refractivity contribution >= 4 is 27.5 Å². The average molecular weight is 260 g/mol. The van der Waals surface area contributed by atoms with Crippen LogP contribution in [-0.4, -0.2) is 0 Å². The third-order valence-corrected chi connectivity index (χ3v) is 3.47. The molecule has 0 radical (unpaired) electrons. The molecule has 1 aromatic carbocycles. The van der Waals surface area contributed by atoms with E-state index >= 15 is 0 Å². The van der Waals surface area contributed by atoms with Crippen molar-refractivity contribution < 1.29 is 0 Å². The van der Waals surface area contributed by atoms with Crippen LogP contribution in [0, 0.1) is 0 Å². The second-order valence-corrected chi connectivity index (χ2v) is 4.05. The molecular weight excluding hydrogens is 247 g/mol. The van der Waals surface area contributed by atoms with Crippen molar-refractivity contribution in [3.63, 3.8) is 0 Å². The highest BCUT2D eigenvalue weighted by molar-refractivity contribution is 9.10. The van der Waals surface area contributed by atoms with Crippen LogP contribution in [0.1, 0.15) is 18.1 Å². The Morgan fingerprint density at radius 3 is 2.77 bits per heavy atom. The van der Waals surface area contributed by atoms with Crippen molar-refractivity contribution in [2.24, 2.45) is 0 Å². The van der Waals surface area contributed by atoms with Gasteiger partial charge in [0.25, 0.3) is 0 Å². The summed E-state index contributed by atoms with van der Waals surface area (Å²) in [4.78, 5) is 0. The van der Waals surface area contributed by atoms with Crippen molar-refractivity contribution in [3.8, 4) is 0 Å². The molecule has 0 saturated carbocycles. The molecular formula is C11H12BrCl. The molecule has 13 heavy (non-hydrogen) atoms. The highest BCUT2D eigenvalue weighted by Gasteiger charge is 2.07. The summed E-state index contributed by atoms with van der Waals surface area (Å²) in [5, 5.41) is 0.772. The Labute approximate surface area is 92.7 Å². The summed E-state index contributed by atoms with van der Waals surface area (Å²) >= 11 is 9.49. The minimum atomic E-state index is 0.772. The minimum absolute atomic E-state index is 0.772. The fraction of sp³-hybridized carbons (Fsp3) is 0.273. The molecule has 0 spiro atoms. The van der Waals surface area contributed by atoms with Gasteiger partial charge in [0.1, 0.15) is 0 Å². The summed E-state index contributed by atoms with van der Waals surface area (Å²) in [6.07, 6.45) is 3.79. The molecule has 0 aliphatic heterocycles. The van der Waals surface area contributed by atoms with Crippen LogP contribution in [0.4, 0.5) is 0 Å². The largest absolute Gasteiger partial charge is 0.103 e. The van der Waals surface area contributed by atoms with Crippen molar-refractivity contribution in [1.29, 1.82) is 0 Å². The first kappa shape index (κ1) is 10.8. The van der Waals surface area contributed by atoms with Gasteiger partial charge in [-0.05, 0) is 46.0 Å². The number of hydrogen-bond acceptors (Lipinski definition) is 0. The van der Waals surface area contributed by atoms with Gasteiger partial charge < -0.3 is 0 Å². The summed E-state index contributed by atoms with van der Waals surface area (Å²) in [5.74, 6) is 0. The predicted octanol–water partition coefficient (Wildman–Crippen LogP) is 4.39. The first-order chi connectivity index (χ1) is 6.20. The highest BCUT2D eigenvalue weighted by Crippen LogP contribution is 2.29. The fourth-order valence-electron chi connectivity index (χ4n) is 1.33. The van der Waals surface area contributed by atoms with Gasteiger partial charge in [-0.15, -0.1) is 6.58 Å². The average Bonchev–Trinajstić information content (AvgIpc) is 2.14. The van der Waals surface area contributed by atoms with Gasteiger partial charge in [0.2, 0.25) is 0 Å². The normalized spacial score (nSPS) is 10.1. The van der Waals surface area contributed by atoms with Gasteiger partial charge in [-0.2, -0.15) is 0 Å². The lowest BCUT2D eigenvalue weighted by molar-refractivity contribution is 1.07. The number of benzene rings is 1. The zero-order chi connectivity index (χ0) is 9.84. The molecule has 70 valence electrons. The SMILES string of the molecule is C=CCc1c(CC)ccc(Cl)c1Br. The van der Waals surface area contributed by atoms with E-state index in [1.54, 1.807) is 0 Å². The molecule has 0 heterocycles. The van der Waals surface area contributed by atoms with Crippen LogP contribution < -0.4 is 0 Å². The first-order valence-corrected chi connectivity index (χ1v) is 5.44. The lowest BCUT2D eigenvalue weighted by Crippen LogP contribution is -1.93. The summed E-state index contributed by atoms with van der Waals surface area (Å²) in [7, 11) is 0. The van der Waals surface area contributed by atoms with Crippen molar-refractivity contribution in [2.45, 2.75) is 19.8 Å². The Morgan fingerprint density at radius 1 is 1.54 bits per heavy atom. The van der Waals surface area contributed by atoms with E-state index in [9.17, 15) is 0 Å². The van der Waals surface area contributed by atoms with Crippen molar-refractivity contribution in [2.75, 3.05) is 0 Å². The molecule has 0 aliphatic rings. The lowest BCUT2D eigenvalue weighted by Gasteiger charge is -2.09. The highest BCUT2D eigenvalue weighted by atomic mass is 79.9. The van der Waals surface area contributed by atoms with E-state index in [1.807, 2.05) is 12.1 Å². The molecule has 0 fully saturated rings. The van der Waals surface area contributed by atoms with Gasteiger partial charge in [-0.25, -0.2) is 0 Å². The maximum absolute atomic E-state index is 6.00. The number of allylic oxidation sites excluding steroid dienone is 1. The molecule has 1 aromatic rings. The maximum atomic E-state index is 6.00. The van der Waals surface area contributed by atoms with Gasteiger partial charge in [0.15, 0.2) is 0 Å². The number of hydrogen-bond donors (Lipinski definition) is 0. The van der Waals surface area contributed by atoms with E-state index in [-0.39, 0.29) is 0 Å². The number of aryl methyl sites for hydroxylation is 1. The van der Waals surface area contributed by atoms with Gasteiger partial charge in [0, 0.05) is 4.47 Å². The van der Waals surface area contributed by atoms with Crippen LogP contribution in [0.25, 0.3) is 0 Å². The van der Waals surface area contributed by atoms with E-state index < -0.39 is 0 Å². The molecule has 0 saturated heterocycles. The second kappa shape index (κ2) is 4.83. The summed E-state index contributed by atoms with van der Waals surface area (Å²) in [6, 6.07) is 4.00. The van der Waals surface area contributed by atoms with E-state index in [0.717, 1.165) is 22.3 Å². The third-order valence-electron chi connectivity index (χ3n) is 2.02. The molecule has 1 rings (SSSR count). The Morgan fingerprint density at radius 2 is 2.23 bits per heavy atom. The zero-order valence-corrected chi connectivity index (χ0v) is 9.95. The van der Waals surface area contributed by atoms with Gasteiger partial charge in [-0.3, -0.25) is 0 Å². The van der Waals surface area contributed by atoms with E-state index in [4.69, 9.17) is 11.6 Å². The van der Waals surface area contributed by atoms with Gasteiger partial charge in [-0.1, -0.05) is 30.7 Å². The van der Waals surface area contributed by atoms with Crippen LogP contribution >= 0.6 is 27.5 Å². The van der Waals surface area contributed by atoms with Crippen molar-refractivity contribution in [1.82, 2.24) is 0 Å². The lowest BCUT2D eigenvalue weighted by atomic mass is 10.0. The van der Waals surface area contributed by atoms with Crippen LogP contribution in [0.15, 0.2) is 29.3 Å². The van der Waals surface area contributed by atoms with Crippen molar-refractivity contribution in [3.05, 3.63) is 45.4 Å². The fourth-order valence-corrected chi connectivity index (χ4v) is 2.05. The quantitative estimate of drug-likeness (QED) is 0.706. The summed E-state index contributed by atoms with van der Waals surface area (Å²) in [6.45, 7) is 5.88. The molecule has 0 amide bonds. The Balaban J connectivity index is 3.23. The standard InChI is InChI=1S/C11H12BrCl/c1-3-5-9-8(4-2)6-7-10(13)11(9)12/h3,6-7H,1,4-5H2,2H3. The Kier molecular flexibility index (Phi) is 4.01. The Bertz CT molecular complexity index is 318. The minimum Gasteiger partial charge on any atom is -0.103 e. The van der Waals surface area contributed by atoms with Crippen LogP contribution in [0.5, 0.6) is 0 Å². The number of halogens is 2. The molecule has 0 aromatic heterocycles. The Hall–Kier alpha value is -0.270. The molecule has 0 N–H and O–H groups in total. The van der Waals surface area contributed by atoms with Crippen LogP contribution in [-0.2, 0) is 12.8 Å². The topological polar surface area (TPSA) is 0 Å². The second-order valence-electron chi connectivity index (χ2n) is 2.85. The number of rotatable bonds is 3. The predicted molar refractivity (Wildman–Crippen MR) is 62.4 cm³/mol. The molecule has 0 unspecified atom stereocenters.